The number of likely N-dealkylation sites (tertiary alicyclic amines) is 1. The van der Waals surface area contributed by atoms with Crippen molar-refractivity contribution in [3.63, 3.8) is 0 Å². The number of phenolic OH excluding ortho intramolecular Hbond substituents is 1. The number of para-hydroxylation sites is 2. The average Bonchev–Trinajstić information content (AvgIpc) is 2.60. The van der Waals surface area contributed by atoms with E-state index in [1.54, 1.807) is 6.07 Å². The van der Waals surface area contributed by atoms with Gasteiger partial charge in [-0.05, 0) is 64.5 Å². The molecule has 0 aromatic heterocycles. The molecule has 1 aromatic rings. The molecule has 1 aliphatic carbocycles. The van der Waals surface area contributed by atoms with Crippen LogP contribution in [0.25, 0.3) is 0 Å². The molecule has 2 aliphatic rings. The van der Waals surface area contributed by atoms with Crippen molar-refractivity contribution in [2.45, 2.75) is 70.1 Å². The first-order valence-corrected chi connectivity index (χ1v) is 9.52. The summed E-state index contributed by atoms with van der Waals surface area (Å²) in [5, 5.41) is 13.4. The quantitative estimate of drug-likeness (QED) is 0.800. The molecule has 3 rings (SSSR count). The van der Waals surface area contributed by atoms with Crippen molar-refractivity contribution < 1.29 is 9.84 Å². The molecular weight excluding hydrogens is 300 g/mol. The molecule has 0 unspecified atom stereocenters. The van der Waals surface area contributed by atoms with Crippen LogP contribution in [0.1, 0.15) is 52.4 Å². The van der Waals surface area contributed by atoms with Crippen molar-refractivity contribution in [2.75, 3.05) is 25.0 Å². The minimum Gasteiger partial charge on any atom is -0.506 e. The number of nitrogens with one attached hydrogen (secondary N) is 1. The van der Waals surface area contributed by atoms with Gasteiger partial charge in [0.2, 0.25) is 0 Å². The summed E-state index contributed by atoms with van der Waals surface area (Å²) in [5.74, 6) is 0.348. The molecule has 1 heterocycles. The second kappa shape index (κ2) is 7.75. The van der Waals surface area contributed by atoms with Crippen LogP contribution < -0.4 is 5.32 Å². The fourth-order valence-corrected chi connectivity index (χ4v) is 4.31. The molecule has 0 amide bonds. The Labute approximate surface area is 146 Å². The van der Waals surface area contributed by atoms with Gasteiger partial charge in [-0.2, -0.15) is 0 Å². The minimum absolute atomic E-state index is 0.341. The molecule has 0 radical (unpaired) electrons. The van der Waals surface area contributed by atoms with Gasteiger partial charge in [-0.15, -0.1) is 0 Å². The fraction of sp³-hybridized carbons (Fsp3) is 0.700. The lowest BCUT2D eigenvalue weighted by Crippen LogP contribution is -2.53. The third kappa shape index (κ3) is 4.04. The average molecular weight is 332 g/mol. The normalized spacial score (nSPS) is 29.5. The maximum Gasteiger partial charge on any atom is 0.138 e. The zero-order valence-corrected chi connectivity index (χ0v) is 15.1. The van der Waals surface area contributed by atoms with Gasteiger partial charge in [0, 0.05) is 31.3 Å². The van der Waals surface area contributed by atoms with Gasteiger partial charge >= 0.3 is 0 Å². The Morgan fingerprint density at radius 3 is 2.46 bits per heavy atom. The number of piperidine rings is 1. The molecule has 2 fully saturated rings. The maximum atomic E-state index is 9.92. The van der Waals surface area contributed by atoms with Crippen LogP contribution >= 0.6 is 0 Å². The van der Waals surface area contributed by atoms with Gasteiger partial charge in [-0.3, -0.25) is 4.90 Å². The number of rotatable bonds is 5. The first-order chi connectivity index (χ1) is 11.6. The molecule has 4 heteroatoms. The van der Waals surface area contributed by atoms with E-state index in [0.29, 0.717) is 23.4 Å². The summed E-state index contributed by atoms with van der Waals surface area (Å²) >= 11 is 0. The second-order valence-electron chi connectivity index (χ2n) is 7.57. The Bertz CT molecular complexity index is 518. The van der Waals surface area contributed by atoms with E-state index in [1.807, 2.05) is 18.2 Å². The van der Waals surface area contributed by atoms with Crippen LogP contribution in [0.5, 0.6) is 5.75 Å². The number of hydrogen-bond acceptors (Lipinski definition) is 4. The van der Waals surface area contributed by atoms with Crippen molar-refractivity contribution in [3.05, 3.63) is 24.3 Å². The first-order valence-electron chi connectivity index (χ1n) is 9.52. The Kier molecular flexibility index (Phi) is 5.67. The first kappa shape index (κ1) is 17.6. The van der Waals surface area contributed by atoms with Gasteiger partial charge in [0.15, 0.2) is 0 Å². The standard InChI is InChI=1S/C20H32N2O2/c1-3-24-17-8-12-20(2,13-9-17)22-14-10-16(11-15-22)21-18-6-4-5-7-19(18)23/h4-7,16-17,21,23H,3,8-15H2,1-2H3/t17-,20-. The highest BCUT2D eigenvalue weighted by Crippen LogP contribution is 2.36. The van der Waals surface area contributed by atoms with Crippen molar-refractivity contribution in [1.29, 1.82) is 0 Å². The van der Waals surface area contributed by atoms with Gasteiger partial charge in [0.05, 0.1) is 11.8 Å². The highest BCUT2D eigenvalue weighted by atomic mass is 16.5. The minimum atomic E-state index is 0.341. The number of aromatic hydroxyl groups is 1. The van der Waals surface area contributed by atoms with Gasteiger partial charge in [-0.1, -0.05) is 12.1 Å². The summed E-state index contributed by atoms with van der Waals surface area (Å²) in [6.45, 7) is 7.65. The lowest BCUT2D eigenvalue weighted by atomic mass is 9.79. The topological polar surface area (TPSA) is 44.7 Å². The highest BCUT2D eigenvalue weighted by Gasteiger charge is 2.38. The van der Waals surface area contributed by atoms with E-state index in [1.165, 1.54) is 25.7 Å². The molecule has 1 saturated carbocycles. The molecule has 134 valence electrons. The third-order valence-corrected chi connectivity index (χ3v) is 5.93. The monoisotopic (exact) mass is 332 g/mol. The molecule has 0 bridgehead atoms. The van der Waals surface area contributed by atoms with Gasteiger partial charge < -0.3 is 15.2 Å². The molecule has 0 spiro atoms. The third-order valence-electron chi connectivity index (χ3n) is 5.93. The lowest BCUT2D eigenvalue weighted by molar-refractivity contribution is -0.0242. The van der Waals surface area contributed by atoms with Crippen LogP contribution in [0, 0.1) is 0 Å². The fourth-order valence-electron chi connectivity index (χ4n) is 4.31. The molecule has 1 aliphatic heterocycles. The van der Waals surface area contributed by atoms with Gasteiger partial charge in [-0.25, -0.2) is 0 Å². The number of phenols is 1. The van der Waals surface area contributed by atoms with E-state index in [2.05, 4.69) is 24.1 Å². The Hall–Kier alpha value is -1.26. The van der Waals surface area contributed by atoms with Crippen molar-refractivity contribution in [1.82, 2.24) is 4.90 Å². The largest absolute Gasteiger partial charge is 0.506 e. The lowest BCUT2D eigenvalue weighted by Gasteiger charge is -2.48. The molecule has 4 nitrogen and oxygen atoms in total. The summed E-state index contributed by atoms with van der Waals surface area (Å²) in [6, 6.07) is 7.99. The van der Waals surface area contributed by atoms with Crippen molar-refractivity contribution in [2.24, 2.45) is 0 Å². The van der Waals surface area contributed by atoms with Crippen LogP contribution in [0.2, 0.25) is 0 Å². The van der Waals surface area contributed by atoms with E-state index in [4.69, 9.17) is 4.74 Å². The zero-order chi connectivity index (χ0) is 17.0. The molecule has 0 atom stereocenters. The van der Waals surface area contributed by atoms with Crippen molar-refractivity contribution >= 4 is 5.69 Å². The molecular formula is C20H32N2O2. The predicted molar refractivity (Wildman–Crippen MR) is 98.6 cm³/mol. The Morgan fingerprint density at radius 2 is 1.83 bits per heavy atom. The van der Waals surface area contributed by atoms with Crippen LogP contribution in [0.3, 0.4) is 0 Å². The van der Waals surface area contributed by atoms with Crippen LogP contribution in [0.4, 0.5) is 5.69 Å². The second-order valence-corrected chi connectivity index (χ2v) is 7.57. The Balaban J connectivity index is 1.49. The van der Waals surface area contributed by atoms with Crippen molar-refractivity contribution in [3.8, 4) is 5.75 Å². The van der Waals surface area contributed by atoms with Crippen LogP contribution in [-0.2, 0) is 4.74 Å². The van der Waals surface area contributed by atoms with Gasteiger partial charge in [0.1, 0.15) is 5.75 Å². The number of nitrogens with zero attached hydrogens (tertiary/aromatic N) is 1. The number of hydrogen-bond donors (Lipinski definition) is 2. The number of ether oxygens (including phenoxy) is 1. The van der Waals surface area contributed by atoms with E-state index < -0.39 is 0 Å². The zero-order valence-electron chi connectivity index (χ0n) is 15.1. The summed E-state index contributed by atoms with van der Waals surface area (Å²) in [5.41, 5.74) is 1.20. The van der Waals surface area contributed by atoms with E-state index in [0.717, 1.165) is 38.2 Å². The summed E-state index contributed by atoms with van der Waals surface area (Å²) < 4.78 is 5.81. The summed E-state index contributed by atoms with van der Waals surface area (Å²) in [4.78, 5) is 2.69. The Morgan fingerprint density at radius 1 is 1.17 bits per heavy atom. The predicted octanol–water partition coefficient (Wildman–Crippen LogP) is 4.01. The molecule has 1 aromatic carbocycles. The smallest absolute Gasteiger partial charge is 0.138 e. The molecule has 1 saturated heterocycles. The maximum absolute atomic E-state index is 9.92. The molecule has 24 heavy (non-hydrogen) atoms. The van der Waals surface area contributed by atoms with E-state index >= 15 is 0 Å². The van der Waals surface area contributed by atoms with E-state index in [9.17, 15) is 5.11 Å². The number of benzene rings is 1. The van der Waals surface area contributed by atoms with Crippen LogP contribution in [-0.4, -0.2) is 47.4 Å². The van der Waals surface area contributed by atoms with E-state index in [-0.39, 0.29) is 0 Å². The SMILES string of the molecule is CCO[C@H]1CC[C@](C)(N2CCC(Nc3ccccc3O)CC2)CC1. The highest BCUT2D eigenvalue weighted by molar-refractivity contribution is 5.55. The summed E-state index contributed by atoms with van der Waals surface area (Å²) in [7, 11) is 0. The van der Waals surface area contributed by atoms with Gasteiger partial charge in [0.25, 0.3) is 0 Å². The number of anilines is 1. The summed E-state index contributed by atoms with van der Waals surface area (Å²) in [6.07, 6.45) is 7.63. The molecule has 2 N–H and O–H groups in total. The van der Waals surface area contributed by atoms with Crippen LogP contribution in [0.15, 0.2) is 24.3 Å².